The van der Waals surface area contributed by atoms with Gasteiger partial charge in [-0.05, 0) is 49.7 Å². The normalized spacial score (nSPS) is 18.7. The molecule has 0 bridgehead atoms. The molecule has 1 heterocycles. The third kappa shape index (κ3) is 3.79. The van der Waals surface area contributed by atoms with Crippen LogP contribution in [0.2, 0.25) is 0 Å². The summed E-state index contributed by atoms with van der Waals surface area (Å²) in [4.78, 5) is 10.5. The van der Waals surface area contributed by atoms with Crippen LogP contribution in [0.4, 0.5) is 11.4 Å². The molecular weight excluding hydrogens is 259 g/mol. The predicted octanol–water partition coefficient (Wildman–Crippen LogP) is 2.88. The Morgan fingerprint density at radius 3 is 2.95 bits per heavy atom. The van der Waals surface area contributed by atoms with Gasteiger partial charge in [0, 0.05) is 23.5 Å². The molecular formula is C14H19N2O2P. The summed E-state index contributed by atoms with van der Waals surface area (Å²) in [7, 11) is 3.56. The first kappa shape index (κ1) is 14.0. The maximum Gasteiger partial charge on any atom is 0.211 e. The topological polar surface area (TPSA) is 50.4 Å². The van der Waals surface area contributed by atoms with Gasteiger partial charge in [-0.3, -0.25) is 4.79 Å². The number of ether oxygens (including phenoxy) is 1. The minimum absolute atomic E-state index is 0.0726. The third-order valence-electron chi connectivity index (χ3n) is 3.15. The van der Waals surface area contributed by atoms with Gasteiger partial charge in [0.25, 0.3) is 0 Å². The second-order valence-corrected chi connectivity index (χ2v) is 5.40. The molecule has 2 N–H and O–H groups in total. The molecule has 5 heteroatoms. The lowest BCUT2D eigenvalue weighted by atomic mass is 10.1. The number of amides is 1. The van der Waals surface area contributed by atoms with Gasteiger partial charge in [-0.1, -0.05) is 0 Å². The van der Waals surface area contributed by atoms with Crippen molar-refractivity contribution in [1.82, 2.24) is 0 Å². The molecule has 1 unspecified atom stereocenters. The van der Waals surface area contributed by atoms with E-state index in [0.717, 1.165) is 41.7 Å². The third-order valence-corrected chi connectivity index (χ3v) is 3.41. The summed E-state index contributed by atoms with van der Waals surface area (Å²) in [5.41, 5.74) is 2.81. The molecule has 19 heavy (non-hydrogen) atoms. The van der Waals surface area contributed by atoms with Crippen LogP contribution in [0.15, 0.2) is 18.2 Å². The quantitative estimate of drug-likeness (QED) is 0.643. The molecule has 1 aromatic rings. The van der Waals surface area contributed by atoms with Gasteiger partial charge in [0.05, 0.1) is 0 Å². The van der Waals surface area contributed by atoms with Crippen molar-refractivity contribution in [3.8, 4) is 0 Å². The summed E-state index contributed by atoms with van der Waals surface area (Å²) >= 11 is 0. The Balaban J connectivity index is 2.18. The van der Waals surface area contributed by atoms with Crippen LogP contribution in [-0.2, 0) is 9.53 Å². The lowest BCUT2D eigenvalue weighted by molar-refractivity contribution is -0.105. The Morgan fingerprint density at radius 1 is 1.47 bits per heavy atom. The van der Waals surface area contributed by atoms with E-state index in [-0.39, 0.29) is 6.23 Å². The van der Waals surface area contributed by atoms with Crippen LogP contribution in [0.25, 0.3) is 0 Å². The Hall–Kier alpha value is -1.38. The fourth-order valence-electron chi connectivity index (χ4n) is 2.17. The van der Waals surface area contributed by atoms with Crippen molar-refractivity contribution in [3.05, 3.63) is 23.8 Å². The molecule has 1 saturated heterocycles. The number of anilines is 2. The van der Waals surface area contributed by atoms with Crippen molar-refractivity contribution in [2.75, 3.05) is 17.2 Å². The van der Waals surface area contributed by atoms with Crippen LogP contribution >= 0.6 is 8.86 Å². The van der Waals surface area contributed by atoms with Crippen LogP contribution in [0.1, 0.15) is 31.7 Å². The molecule has 102 valence electrons. The minimum atomic E-state index is 0.0726. The molecule has 1 aliphatic heterocycles. The molecule has 1 aromatic carbocycles. The molecule has 2 rings (SSSR count). The van der Waals surface area contributed by atoms with Gasteiger partial charge in [-0.15, -0.1) is 8.86 Å². The van der Waals surface area contributed by atoms with Gasteiger partial charge in [0.1, 0.15) is 6.23 Å². The van der Waals surface area contributed by atoms with E-state index in [0.29, 0.717) is 6.41 Å². The first-order valence-corrected chi connectivity index (χ1v) is 6.98. The van der Waals surface area contributed by atoms with E-state index in [2.05, 4.69) is 19.5 Å². The van der Waals surface area contributed by atoms with Crippen molar-refractivity contribution in [2.24, 2.45) is 0 Å². The monoisotopic (exact) mass is 278 g/mol. The highest BCUT2D eigenvalue weighted by atomic mass is 31.0. The second-order valence-electron chi connectivity index (χ2n) is 4.65. The fourth-order valence-corrected chi connectivity index (χ4v) is 2.37. The smallest absolute Gasteiger partial charge is 0.211 e. The number of nitrogens with one attached hydrogen (secondary N) is 2. The van der Waals surface area contributed by atoms with E-state index in [9.17, 15) is 4.79 Å². The van der Waals surface area contributed by atoms with Crippen molar-refractivity contribution >= 4 is 31.9 Å². The first-order valence-electron chi connectivity index (χ1n) is 6.48. The van der Waals surface area contributed by atoms with E-state index in [4.69, 9.17) is 4.74 Å². The molecule has 1 aliphatic rings. The largest absolute Gasteiger partial charge is 0.360 e. The summed E-state index contributed by atoms with van der Waals surface area (Å²) in [5, 5.41) is 7.08. The number of carbonyl (C=O) groups is 1. The molecule has 4 nitrogen and oxygen atoms in total. The van der Waals surface area contributed by atoms with E-state index in [1.54, 1.807) is 0 Å². The molecule has 0 aromatic heterocycles. The highest BCUT2D eigenvalue weighted by Crippen LogP contribution is 2.24. The fraction of sp³-hybridized carbons (Fsp3) is 0.429. The van der Waals surface area contributed by atoms with Gasteiger partial charge < -0.3 is 15.4 Å². The number of carbonyl (C=O) groups excluding carboxylic acids is 1. The highest BCUT2D eigenvalue weighted by Gasteiger charge is 2.15. The number of rotatable bonds is 5. The zero-order chi connectivity index (χ0) is 13.7. The average Bonchev–Trinajstić information content (AvgIpc) is 2.42. The highest BCUT2D eigenvalue weighted by molar-refractivity contribution is 7.22. The van der Waals surface area contributed by atoms with E-state index >= 15 is 0 Å². The average molecular weight is 278 g/mol. The van der Waals surface area contributed by atoms with Crippen LogP contribution in [0.3, 0.4) is 0 Å². The van der Waals surface area contributed by atoms with Crippen LogP contribution in [0.5, 0.6) is 0 Å². The molecule has 0 radical (unpaired) electrons. The SMILES string of the molecule is CC(=P)c1cc(NC=O)ccc1NC1CCCCO1. The van der Waals surface area contributed by atoms with Crippen LogP contribution in [-0.4, -0.2) is 24.5 Å². The zero-order valence-corrected chi connectivity index (χ0v) is 12.0. The Morgan fingerprint density at radius 2 is 2.32 bits per heavy atom. The van der Waals surface area contributed by atoms with Crippen molar-refractivity contribution in [1.29, 1.82) is 0 Å². The number of benzene rings is 1. The zero-order valence-electron chi connectivity index (χ0n) is 11.0. The number of hydrogen-bond donors (Lipinski definition) is 2. The van der Waals surface area contributed by atoms with Gasteiger partial charge >= 0.3 is 0 Å². The molecule has 1 fully saturated rings. The molecule has 0 saturated carbocycles. The summed E-state index contributed by atoms with van der Waals surface area (Å²) < 4.78 is 5.69. The lowest BCUT2D eigenvalue weighted by Crippen LogP contribution is -2.27. The van der Waals surface area contributed by atoms with E-state index < -0.39 is 0 Å². The minimum Gasteiger partial charge on any atom is -0.360 e. The van der Waals surface area contributed by atoms with Gasteiger partial charge in [-0.2, -0.15) is 0 Å². The van der Waals surface area contributed by atoms with Crippen molar-refractivity contribution in [2.45, 2.75) is 32.4 Å². The maximum absolute atomic E-state index is 10.5. The van der Waals surface area contributed by atoms with Crippen molar-refractivity contribution in [3.63, 3.8) is 0 Å². The van der Waals surface area contributed by atoms with Gasteiger partial charge in [0.2, 0.25) is 6.41 Å². The summed E-state index contributed by atoms with van der Waals surface area (Å²) in [5.74, 6) is 0. The van der Waals surface area contributed by atoms with E-state index in [1.807, 2.05) is 25.1 Å². The molecule has 0 aliphatic carbocycles. The lowest BCUT2D eigenvalue weighted by Gasteiger charge is -2.25. The maximum atomic E-state index is 10.5. The van der Waals surface area contributed by atoms with Crippen LogP contribution in [0, 0.1) is 0 Å². The second kappa shape index (κ2) is 6.69. The van der Waals surface area contributed by atoms with E-state index in [1.165, 1.54) is 6.42 Å². The van der Waals surface area contributed by atoms with Gasteiger partial charge in [-0.25, -0.2) is 0 Å². The summed E-state index contributed by atoms with van der Waals surface area (Å²) in [6, 6.07) is 5.77. The Kier molecular flexibility index (Phi) is 4.94. The predicted molar refractivity (Wildman–Crippen MR) is 81.4 cm³/mol. The Labute approximate surface area is 115 Å². The molecule has 1 amide bonds. The first-order chi connectivity index (χ1) is 9.20. The summed E-state index contributed by atoms with van der Waals surface area (Å²) in [6.45, 7) is 2.79. The molecule has 0 spiro atoms. The van der Waals surface area contributed by atoms with Crippen molar-refractivity contribution < 1.29 is 9.53 Å². The Bertz CT molecular complexity index is 471. The standard InChI is InChI=1S/C14H19N2O2P/c1-10(19)12-8-11(15-9-17)5-6-13(12)16-14-4-2-3-7-18-14/h5-6,8-9,14,16,19H,2-4,7H2,1H3,(H,15,17). The van der Waals surface area contributed by atoms with Gasteiger partial charge in [0.15, 0.2) is 0 Å². The number of hydrogen-bond acceptors (Lipinski definition) is 3. The molecule has 1 atom stereocenters. The van der Waals surface area contributed by atoms with Crippen LogP contribution < -0.4 is 10.6 Å². The summed E-state index contributed by atoms with van der Waals surface area (Å²) in [6.07, 6.45) is 4.10.